The molecule has 0 heterocycles. The molecule has 12 heavy (non-hydrogen) atoms. The lowest BCUT2D eigenvalue weighted by Crippen LogP contribution is -1.93. The van der Waals surface area contributed by atoms with Crippen molar-refractivity contribution in [3.05, 3.63) is 0 Å². The molecule has 0 nitrogen and oxygen atoms in total. The van der Waals surface area contributed by atoms with Gasteiger partial charge in [-0.1, -0.05) is 26.7 Å². The molecule has 0 spiro atoms. The Kier molecular flexibility index (Phi) is 10.4. The molecule has 0 rings (SSSR count). The molecule has 2 heteroatoms. The number of thioether (sulfide) groups is 2. The first-order valence-corrected chi connectivity index (χ1v) is 7.14. The SMILES string of the molecule is CCCCSC(C)SCCCC. The minimum absolute atomic E-state index is 0.808. The zero-order chi connectivity index (χ0) is 9.23. The molecule has 0 aromatic carbocycles. The molecule has 0 saturated carbocycles. The highest BCUT2D eigenvalue weighted by Crippen LogP contribution is 2.24. The van der Waals surface area contributed by atoms with Gasteiger partial charge in [-0.05, 0) is 31.3 Å². The molecule has 0 aromatic heterocycles. The molecule has 0 aliphatic heterocycles. The smallest absolute Gasteiger partial charge is 0.0474 e. The van der Waals surface area contributed by atoms with Crippen molar-refractivity contribution in [3.63, 3.8) is 0 Å². The van der Waals surface area contributed by atoms with E-state index in [0.717, 1.165) is 4.58 Å². The van der Waals surface area contributed by atoms with Gasteiger partial charge in [0.25, 0.3) is 0 Å². The summed E-state index contributed by atoms with van der Waals surface area (Å²) in [5, 5.41) is 0. The largest absolute Gasteiger partial charge is 0.148 e. The van der Waals surface area contributed by atoms with Crippen LogP contribution in [0.15, 0.2) is 0 Å². The van der Waals surface area contributed by atoms with E-state index in [1.165, 1.54) is 37.2 Å². The monoisotopic (exact) mass is 206 g/mol. The summed E-state index contributed by atoms with van der Waals surface area (Å²) < 4.78 is 0.808. The number of rotatable bonds is 8. The van der Waals surface area contributed by atoms with E-state index >= 15 is 0 Å². The third-order valence-electron chi connectivity index (χ3n) is 1.70. The van der Waals surface area contributed by atoms with Gasteiger partial charge in [0.15, 0.2) is 0 Å². The van der Waals surface area contributed by atoms with Gasteiger partial charge in [0.05, 0.1) is 0 Å². The van der Waals surface area contributed by atoms with Crippen molar-refractivity contribution in [2.45, 2.75) is 51.0 Å². The second kappa shape index (κ2) is 9.79. The van der Waals surface area contributed by atoms with Gasteiger partial charge in [-0.2, -0.15) is 0 Å². The first-order valence-electron chi connectivity index (χ1n) is 5.04. The lowest BCUT2D eigenvalue weighted by molar-refractivity contribution is 0.893. The van der Waals surface area contributed by atoms with Gasteiger partial charge in [0.2, 0.25) is 0 Å². The predicted octanol–water partition coefficient (Wildman–Crippen LogP) is 4.40. The van der Waals surface area contributed by atoms with Crippen molar-refractivity contribution >= 4 is 23.5 Å². The van der Waals surface area contributed by atoms with Crippen LogP contribution in [0.1, 0.15) is 46.5 Å². The summed E-state index contributed by atoms with van der Waals surface area (Å²) in [6.45, 7) is 6.85. The lowest BCUT2D eigenvalue weighted by Gasteiger charge is -2.09. The Hall–Kier alpha value is 0.700. The van der Waals surface area contributed by atoms with Crippen LogP contribution < -0.4 is 0 Å². The molecular weight excluding hydrogens is 184 g/mol. The first kappa shape index (κ1) is 12.7. The molecule has 0 atom stereocenters. The molecule has 74 valence electrons. The Balaban J connectivity index is 3.04. The zero-order valence-electron chi connectivity index (χ0n) is 8.64. The lowest BCUT2D eigenvalue weighted by atomic mass is 10.4. The molecule has 0 N–H and O–H groups in total. The average molecular weight is 206 g/mol. The van der Waals surface area contributed by atoms with Gasteiger partial charge in [-0.25, -0.2) is 0 Å². The van der Waals surface area contributed by atoms with Gasteiger partial charge in [-0.3, -0.25) is 0 Å². The van der Waals surface area contributed by atoms with Crippen molar-refractivity contribution in [1.29, 1.82) is 0 Å². The third-order valence-corrected chi connectivity index (χ3v) is 4.50. The minimum atomic E-state index is 0.808. The van der Waals surface area contributed by atoms with E-state index in [4.69, 9.17) is 0 Å². The summed E-state index contributed by atoms with van der Waals surface area (Å²) in [6, 6.07) is 0. The molecule has 0 fully saturated rings. The highest BCUT2D eigenvalue weighted by atomic mass is 32.2. The zero-order valence-corrected chi connectivity index (χ0v) is 10.3. The minimum Gasteiger partial charge on any atom is -0.148 e. The summed E-state index contributed by atoms with van der Waals surface area (Å²) >= 11 is 4.23. The quantitative estimate of drug-likeness (QED) is 0.426. The van der Waals surface area contributed by atoms with Crippen LogP contribution >= 0.6 is 23.5 Å². The Morgan fingerprint density at radius 1 is 0.917 bits per heavy atom. The molecule has 0 amide bonds. The second-order valence-electron chi connectivity index (χ2n) is 3.02. The van der Waals surface area contributed by atoms with Gasteiger partial charge in [0, 0.05) is 4.58 Å². The van der Waals surface area contributed by atoms with Crippen molar-refractivity contribution in [2.24, 2.45) is 0 Å². The van der Waals surface area contributed by atoms with E-state index in [0.29, 0.717) is 0 Å². The van der Waals surface area contributed by atoms with Crippen molar-refractivity contribution in [2.75, 3.05) is 11.5 Å². The standard InChI is InChI=1S/C10H22S2/c1-4-6-8-11-10(3)12-9-7-5-2/h10H,4-9H2,1-3H3. The summed E-state index contributed by atoms with van der Waals surface area (Å²) in [4.78, 5) is 0. The Labute approximate surface area is 86.3 Å². The maximum atomic E-state index is 2.33. The van der Waals surface area contributed by atoms with Gasteiger partial charge < -0.3 is 0 Å². The van der Waals surface area contributed by atoms with Crippen LogP contribution in [-0.4, -0.2) is 16.1 Å². The van der Waals surface area contributed by atoms with Crippen LogP contribution in [0.2, 0.25) is 0 Å². The maximum absolute atomic E-state index is 2.33. The number of hydrogen-bond donors (Lipinski definition) is 0. The highest BCUT2D eigenvalue weighted by molar-refractivity contribution is 8.16. The topological polar surface area (TPSA) is 0 Å². The Morgan fingerprint density at radius 3 is 1.67 bits per heavy atom. The fourth-order valence-corrected chi connectivity index (χ4v) is 3.37. The van der Waals surface area contributed by atoms with E-state index in [9.17, 15) is 0 Å². The molecule has 0 bridgehead atoms. The van der Waals surface area contributed by atoms with E-state index < -0.39 is 0 Å². The summed E-state index contributed by atoms with van der Waals surface area (Å²) in [6.07, 6.45) is 5.42. The van der Waals surface area contributed by atoms with Crippen LogP contribution in [0.25, 0.3) is 0 Å². The van der Waals surface area contributed by atoms with E-state index in [2.05, 4.69) is 44.3 Å². The molecule has 0 aromatic rings. The van der Waals surface area contributed by atoms with Gasteiger partial charge in [-0.15, -0.1) is 23.5 Å². The third kappa shape index (κ3) is 8.79. The number of hydrogen-bond acceptors (Lipinski definition) is 2. The van der Waals surface area contributed by atoms with Crippen molar-refractivity contribution in [3.8, 4) is 0 Å². The van der Waals surface area contributed by atoms with Crippen LogP contribution in [0, 0.1) is 0 Å². The molecule has 0 aliphatic rings. The van der Waals surface area contributed by atoms with Crippen molar-refractivity contribution < 1.29 is 0 Å². The molecule has 0 saturated heterocycles. The van der Waals surface area contributed by atoms with E-state index in [1.807, 2.05) is 0 Å². The Morgan fingerprint density at radius 2 is 1.33 bits per heavy atom. The van der Waals surface area contributed by atoms with E-state index in [-0.39, 0.29) is 0 Å². The molecule has 0 radical (unpaired) electrons. The second-order valence-corrected chi connectivity index (χ2v) is 6.21. The average Bonchev–Trinajstić information content (AvgIpc) is 2.06. The summed E-state index contributed by atoms with van der Waals surface area (Å²) in [5.74, 6) is 2.69. The van der Waals surface area contributed by atoms with Crippen LogP contribution in [0.3, 0.4) is 0 Å². The summed E-state index contributed by atoms with van der Waals surface area (Å²) in [7, 11) is 0. The van der Waals surface area contributed by atoms with Gasteiger partial charge >= 0.3 is 0 Å². The van der Waals surface area contributed by atoms with Gasteiger partial charge in [0.1, 0.15) is 0 Å². The van der Waals surface area contributed by atoms with Crippen LogP contribution in [0.4, 0.5) is 0 Å². The fraction of sp³-hybridized carbons (Fsp3) is 1.00. The fourth-order valence-electron chi connectivity index (χ4n) is 0.835. The van der Waals surface area contributed by atoms with E-state index in [1.54, 1.807) is 0 Å². The predicted molar refractivity (Wildman–Crippen MR) is 64.2 cm³/mol. The highest BCUT2D eigenvalue weighted by Gasteiger charge is 2.00. The number of unbranched alkanes of at least 4 members (excludes halogenated alkanes) is 2. The van der Waals surface area contributed by atoms with Crippen LogP contribution in [0.5, 0.6) is 0 Å². The van der Waals surface area contributed by atoms with Crippen molar-refractivity contribution in [1.82, 2.24) is 0 Å². The molecule has 0 aliphatic carbocycles. The van der Waals surface area contributed by atoms with Crippen LogP contribution in [-0.2, 0) is 0 Å². The summed E-state index contributed by atoms with van der Waals surface area (Å²) in [5.41, 5.74) is 0. The first-order chi connectivity index (χ1) is 5.81. The molecular formula is C10H22S2. The maximum Gasteiger partial charge on any atom is 0.0474 e. The Bertz CT molecular complexity index is 73.9. The molecule has 0 unspecified atom stereocenters. The normalized spacial score (nSPS) is 11.0.